The molecule has 0 fully saturated rings. The summed E-state index contributed by atoms with van der Waals surface area (Å²) in [4.78, 5) is 38.5. The van der Waals surface area contributed by atoms with Crippen molar-refractivity contribution in [3.8, 4) is 5.75 Å². The zero-order chi connectivity index (χ0) is 20.8. The maximum absolute atomic E-state index is 12.9. The molecular weight excluding hydrogens is 380 g/mol. The number of aromatic hydroxyl groups is 1. The van der Waals surface area contributed by atoms with Crippen LogP contribution in [0.25, 0.3) is 21.5 Å². The fourth-order valence-corrected chi connectivity index (χ4v) is 3.70. The predicted octanol–water partition coefficient (Wildman–Crippen LogP) is 2.31. The Balaban J connectivity index is 1.73. The van der Waals surface area contributed by atoms with E-state index in [9.17, 15) is 19.5 Å². The van der Waals surface area contributed by atoms with Crippen LogP contribution in [0.5, 0.6) is 5.75 Å². The maximum Gasteiger partial charge on any atom is 0.217 e. The number of hydrogen-bond acceptors (Lipinski definition) is 6. The van der Waals surface area contributed by atoms with E-state index in [1.165, 1.54) is 18.2 Å². The van der Waals surface area contributed by atoms with Gasteiger partial charge in [-0.3, -0.25) is 19.8 Å². The Kier molecular flexibility index (Phi) is 3.93. The Hall–Kier alpha value is -4.32. The fraction of sp³-hybridized carbons (Fsp3) is 0. The first-order valence-corrected chi connectivity index (χ1v) is 9.26. The lowest BCUT2D eigenvalue weighted by Gasteiger charge is -2.06. The highest BCUT2D eigenvalue weighted by Crippen LogP contribution is 2.32. The Labute approximate surface area is 168 Å². The van der Waals surface area contributed by atoms with E-state index in [2.05, 4.69) is 10.5 Å². The quantitative estimate of drug-likeness (QED) is 0.354. The van der Waals surface area contributed by atoms with Crippen LogP contribution in [0.15, 0.2) is 92.3 Å². The van der Waals surface area contributed by atoms with Crippen LogP contribution >= 0.6 is 0 Å². The molecule has 2 aliphatic rings. The van der Waals surface area contributed by atoms with E-state index in [-0.39, 0.29) is 32.4 Å². The summed E-state index contributed by atoms with van der Waals surface area (Å²) in [6, 6.07) is 20.1. The van der Waals surface area contributed by atoms with Crippen LogP contribution in [0.2, 0.25) is 0 Å². The van der Waals surface area contributed by atoms with Gasteiger partial charge in [0.1, 0.15) is 11.1 Å². The minimum absolute atomic E-state index is 0.00226. The van der Waals surface area contributed by atoms with Gasteiger partial charge in [0.15, 0.2) is 10.9 Å². The minimum atomic E-state index is -0.631. The molecule has 0 bridgehead atoms. The van der Waals surface area contributed by atoms with Crippen molar-refractivity contribution < 1.29 is 5.11 Å². The number of rotatable bonds is 2. The molecule has 0 heterocycles. The van der Waals surface area contributed by atoms with Crippen molar-refractivity contribution in [2.75, 3.05) is 5.43 Å². The summed E-state index contributed by atoms with van der Waals surface area (Å²) in [5.41, 5.74) is 1.53. The van der Waals surface area contributed by atoms with Crippen molar-refractivity contribution in [2.24, 2.45) is 5.10 Å². The van der Waals surface area contributed by atoms with E-state index < -0.39 is 10.9 Å². The molecule has 0 saturated carbocycles. The van der Waals surface area contributed by atoms with Crippen molar-refractivity contribution in [3.63, 3.8) is 0 Å². The Morgan fingerprint density at radius 3 is 2.10 bits per heavy atom. The average molecular weight is 394 g/mol. The van der Waals surface area contributed by atoms with Crippen LogP contribution in [0, 0.1) is 10.4 Å². The molecule has 0 saturated heterocycles. The van der Waals surface area contributed by atoms with Gasteiger partial charge in [-0.25, -0.2) is 0 Å². The summed E-state index contributed by atoms with van der Waals surface area (Å²) in [6.45, 7) is 0. The van der Waals surface area contributed by atoms with Crippen molar-refractivity contribution in [1.82, 2.24) is 0 Å². The maximum atomic E-state index is 12.9. The molecule has 0 amide bonds. The highest BCUT2D eigenvalue weighted by molar-refractivity contribution is 5.92. The summed E-state index contributed by atoms with van der Waals surface area (Å²) in [6.07, 6.45) is 0. The Morgan fingerprint density at radius 2 is 1.33 bits per heavy atom. The van der Waals surface area contributed by atoms with Crippen LogP contribution in [0.3, 0.4) is 0 Å². The molecule has 3 aromatic carbocycles. The van der Waals surface area contributed by atoms with Gasteiger partial charge in [0.25, 0.3) is 0 Å². The van der Waals surface area contributed by atoms with Gasteiger partial charge in [0.05, 0.1) is 10.9 Å². The van der Waals surface area contributed by atoms with Gasteiger partial charge in [-0.15, -0.1) is 0 Å². The first-order valence-electron chi connectivity index (χ1n) is 9.26. The number of phenols is 1. The molecule has 30 heavy (non-hydrogen) atoms. The molecule has 6 heteroatoms. The SMILES string of the molecule is O=c1c(=NNc2ccc3ccccc3c2O)ccc2c(=O)c3ccccc3c(=O)c1=2. The number of hydrogen-bond donors (Lipinski definition) is 2. The number of nitrogens with zero attached hydrogens (tertiary/aromatic N) is 1. The number of phenolic OH excluding ortho intramolecular Hbond substituents is 1. The van der Waals surface area contributed by atoms with Crippen molar-refractivity contribution in [1.29, 1.82) is 0 Å². The smallest absolute Gasteiger partial charge is 0.217 e. The molecule has 2 aliphatic carbocycles. The monoisotopic (exact) mass is 394 g/mol. The van der Waals surface area contributed by atoms with E-state index in [0.717, 1.165) is 5.39 Å². The number of nitrogens with one attached hydrogen (secondary N) is 1. The molecular formula is C24H14N2O4. The Bertz CT molecular complexity index is 1750. The van der Waals surface area contributed by atoms with E-state index in [1.54, 1.807) is 30.3 Å². The summed E-state index contributed by atoms with van der Waals surface area (Å²) in [5, 5.41) is 16.4. The summed E-state index contributed by atoms with van der Waals surface area (Å²) < 4.78 is 0. The lowest BCUT2D eigenvalue weighted by atomic mass is 10.0. The van der Waals surface area contributed by atoms with Gasteiger partial charge >= 0.3 is 0 Å². The zero-order valence-corrected chi connectivity index (χ0v) is 15.5. The third-order valence-electron chi connectivity index (χ3n) is 5.22. The first-order chi connectivity index (χ1) is 14.6. The molecule has 0 radical (unpaired) electrons. The number of benzene rings is 3. The highest BCUT2D eigenvalue weighted by Gasteiger charge is 2.11. The second-order valence-corrected chi connectivity index (χ2v) is 6.95. The van der Waals surface area contributed by atoms with Crippen molar-refractivity contribution in [3.05, 3.63) is 119 Å². The fourth-order valence-electron chi connectivity index (χ4n) is 3.70. The van der Waals surface area contributed by atoms with Crippen LogP contribution in [-0.2, 0) is 0 Å². The molecule has 0 aliphatic heterocycles. The van der Waals surface area contributed by atoms with E-state index in [0.29, 0.717) is 16.5 Å². The molecule has 3 aromatic rings. The second kappa shape index (κ2) is 6.63. The normalized spacial score (nSPS) is 12.1. The minimum Gasteiger partial charge on any atom is -0.505 e. The van der Waals surface area contributed by atoms with Gasteiger partial charge in [-0.1, -0.05) is 54.6 Å². The highest BCUT2D eigenvalue weighted by atomic mass is 16.3. The average Bonchev–Trinajstić information content (AvgIpc) is 2.78. The molecule has 0 spiro atoms. The molecule has 0 aromatic heterocycles. The van der Waals surface area contributed by atoms with E-state index in [1.807, 2.05) is 24.3 Å². The largest absolute Gasteiger partial charge is 0.505 e. The van der Waals surface area contributed by atoms with E-state index in [4.69, 9.17) is 0 Å². The van der Waals surface area contributed by atoms with Crippen molar-refractivity contribution >= 4 is 27.2 Å². The number of anilines is 1. The van der Waals surface area contributed by atoms with Crippen LogP contribution in [0.1, 0.15) is 0 Å². The lowest BCUT2D eigenvalue weighted by molar-refractivity contribution is 0.483. The van der Waals surface area contributed by atoms with Gasteiger partial charge in [-0.05, 0) is 23.6 Å². The molecule has 2 N–H and O–H groups in total. The topological polar surface area (TPSA) is 95.8 Å². The molecule has 144 valence electrons. The van der Waals surface area contributed by atoms with Gasteiger partial charge < -0.3 is 5.11 Å². The summed E-state index contributed by atoms with van der Waals surface area (Å²) >= 11 is 0. The molecule has 0 atom stereocenters. The summed E-state index contributed by atoms with van der Waals surface area (Å²) in [5.74, 6) is 0.00226. The molecule has 5 rings (SSSR count). The van der Waals surface area contributed by atoms with Crippen molar-refractivity contribution in [2.45, 2.75) is 0 Å². The second-order valence-electron chi connectivity index (χ2n) is 6.95. The first kappa shape index (κ1) is 17.8. The standard InChI is InChI=1S/C24H14N2O4/c27-21-15-7-3-4-8-16(15)23(29)20-17(21)10-12-19(24(20)30)26-25-18-11-9-13-5-1-2-6-14(13)22(18)28/h1-12,25,28H. The van der Waals surface area contributed by atoms with Gasteiger partial charge in [0.2, 0.25) is 5.43 Å². The van der Waals surface area contributed by atoms with E-state index >= 15 is 0 Å². The summed E-state index contributed by atoms with van der Waals surface area (Å²) in [7, 11) is 0. The molecule has 6 nitrogen and oxygen atoms in total. The third-order valence-corrected chi connectivity index (χ3v) is 5.22. The lowest BCUT2D eigenvalue weighted by Crippen LogP contribution is -2.33. The molecule has 0 unspecified atom stereocenters. The van der Waals surface area contributed by atoms with Crippen LogP contribution in [-0.4, -0.2) is 5.11 Å². The number of fused-ring (bicyclic) bond motifs is 2. The van der Waals surface area contributed by atoms with Gasteiger partial charge in [0, 0.05) is 21.4 Å². The predicted molar refractivity (Wildman–Crippen MR) is 115 cm³/mol. The third kappa shape index (κ3) is 2.58. The zero-order valence-electron chi connectivity index (χ0n) is 15.5. The van der Waals surface area contributed by atoms with Gasteiger partial charge in [-0.2, -0.15) is 5.10 Å². The van der Waals surface area contributed by atoms with Crippen LogP contribution < -0.4 is 27.1 Å². The van der Waals surface area contributed by atoms with Crippen LogP contribution in [0.4, 0.5) is 5.69 Å². The Morgan fingerprint density at radius 1 is 0.667 bits per heavy atom.